The standard InChI is InChI=1S/C29H32FN3O4S/c1-21-17-33(22(2)20-34)38(35,36)29-13-11-23(10-12-26-9-4-5-14-31-26)16-27(29)37-28(21)19-32(3)18-24-7-6-8-25(30)15-24/h4-9,11,13-16,21-22,28,34H,17-20H2,1-3H3/t21-,22-,28+/m1/s1. The minimum atomic E-state index is -3.94. The van der Waals surface area contributed by atoms with Crippen molar-refractivity contribution >= 4 is 10.0 Å². The number of likely N-dealkylation sites (N-methyl/N-ethyl adjacent to an activating group) is 1. The topological polar surface area (TPSA) is 83.0 Å². The molecule has 200 valence electrons. The summed E-state index contributed by atoms with van der Waals surface area (Å²) in [4.78, 5) is 6.26. The van der Waals surface area contributed by atoms with Gasteiger partial charge >= 0.3 is 0 Å². The van der Waals surface area contributed by atoms with Gasteiger partial charge in [0.25, 0.3) is 0 Å². The third-order valence-electron chi connectivity index (χ3n) is 6.50. The van der Waals surface area contributed by atoms with E-state index in [1.807, 2.05) is 31.0 Å². The molecule has 0 bridgehead atoms. The maximum absolute atomic E-state index is 13.7. The zero-order valence-corrected chi connectivity index (χ0v) is 22.5. The van der Waals surface area contributed by atoms with Gasteiger partial charge in [0.2, 0.25) is 10.0 Å². The fraction of sp³-hybridized carbons (Fsp3) is 0.345. The number of sulfonamides is 1. The van der Waals surface area contributed by atoms with Crippen LogP contribution < -0.4 is 4.74 Å². The lowest BCUT2D eigenvalue weighted by atomic mass is 10.0. The van der Waals surface area contributed by atoms with Crippen molar-refractivity contribution in [2.75, 3.05) is 26.7 Å². The first-order valence-corrected chi connectivity index (χ1v) is 13.9. The average Bonchev–Trinajstić information content (AvgIpc) is 2.89. The van der Waals surface area contributed by atoms with E-state index >= 15 is 0 Å². The Labute approximate surface area is 223 Å². The number of aliphatic hydroxyl groups excluding tert-OH is 1. The summed E-state index contributed by atoms with van der Waals surface area (Å²) in [6.45, 7) is 4.47. The molecule has 0 saturated heterocycles. The van der Waals surface area contributed by atoms with E-state index in [9.17, 15) is 17.9 Å². The molecule has 9 heteroatoms. The summed E-state index contributed by atoms with van der Waals surface area (Å²) in [6, 6.07) is 16.1. The van der Waals surface area contributed by atoms with Gasteiger partial charge in [-0.1, -0.05) is 31.0 Å². The molecule has 0 amide bonds. The summed E-state index contributed by atoms with van der Waals surface area (Å²) in [5, 5.41) is 9.84. The van der Waals surface area contributed by atoms with Crippen LogP contribution in [0.5, 0.6) is 5.75 Å². The Bertz CT molecular complexity index is 1420. The summed E-state index contributed by atoms with van der Waals surface area (Å²) in [6.07, 6.45) is 1.28. The monoisotopic (exact) mass is 537 g/mol. The summed E-state index contributed by atoms with van der Waals surface area (Å²) >= 11 is 0. The number of pyridine rings is 1. The molecule has 0 aliphatic carbocycles. The van der Waals surface area contributed by atoms with Crippen molar-refractivity contribution in [2.45, 2.75) is 37.4 Å². The molecule has 0 fully saturated rings. The minimum Gasteiger partial charge on any atom is -0.487 e. The van der Waals surface area contributed by atoms with Crippen LogP contribution in [-0.4, -0.2) is 66.6 Å². The molecule has 3 atom stereocenters. The highest BCUT2D eigenvalue weighted by Gasteiger charge is 2.38. The Hall–Kier alpha value is -3.29. The smallest absolute Gasteiger partial charge is 0.247 e. The number of fused-ring (bicyclic) bond motifs is 1. The molecule has 0 radical (unpaired) electrons. The van der Waals surface area contributed by atoms with E-state index in [4.69, 9.17) is 4.74 Å². The van der Waals surface area contributed by atoms with Gasteiger partial charge in [-0.25, -0.2) is 17.8 Å². The van der Waals surface area contributed by atoms with Gasteiger partial charge in [0.15, 0.2) is 0 Å². The van der Waals surface area contributed by atoms with Crippen LogP contribution in [-0.2, 0) is 16.6 Å². The van der Waals surface area contributed by atoms with E-state index in [0.717, 1.165) is 5.56 Å². The summed E-state index contributed by atoms with van der Waals surface area (Å²) < 4.78 is 48.8. The predicted molar refractivity (Wildman–Crippen MR) is 143 cm³/mol. The molecule has 2 aromatic carbocycles. The number of aromatic nitrogens is 1. The van der Waals surface area contributed by atoms with Crippen LogP contribution >= 0.6 is 0 Å². The first-order chi connectivity index (χ1) is 18.2. The molecule has 1 aliphatic rings. The van der Waals surface area contributed by atoms with Crippen molar-refractivity contribution in [1.29, 1.82) is 0 Å². The van der Waals surface area contributed by atoms with Crippen LogP contribution in [0, 0.1) is 23.6 Å². The maximum atomic E-state index is 13.7. The molecule has 7 nitrogen and oxygen atoms in total. The first-order valence-electron chi connectivity index (χ1n) is 12.5. The van der Waals surface area contributed by atoms with Gasteiger partial charge in [0.1, 0.15) is 28.3 Å². The van der Waals surface area contributed by atoms with Crippen molar-refractivity contribution in [3.8, 4) is 17.6 Å². The Morgan fingerprint density at radius 2 is 2.00 bits per heavy atom. The largest absolute Gasteiger partial charge is 0.487 e. The van der Waals surface area contributed by atoms with Crippen molar-refractivity contribution in [3.63, 3.8) is 0 Å². The molecule has 4 rings (SSSR count). The molecule has 2 heterocycles. The molecule has 38 heavy (non-hydrogen) atoms. The van der Waals surface area contributed by atoms with Crippen LogP contribution in [0.15, 0.2) is 71.8 Å². The second-order valence-corrected chi connectivity index (χ2v) is 11.6. The van der Waals surface area contributed by atoms with E-state index in [2.05, 4.69) is 16.8 Å². The fourth-order valence-electron chi connectivity index (χ4n) is 4.41. The molecular formula is C29H32FN3O4S. The number of rotatable bonds is 6. The number of halogens is 1. The summed E-state index contributed by atoms with van der Waals surface area (Å²) in [5.41, 5.74) is 2.02. The molecule has 0 spiro atoms. The molecule has 1 N–H and O–H groups in total. The normalized spacial score (nSPS) is 19.8. The van der Waals surface area contributed by atoms with E-state index in [1.165, 1.54) is 22.5 Å². The molecular weight excluding hydrogens is 505 g/mol. The molecule has 0 saturated carbocycles. The maximum Gasteiger partial charge on any atom is 0.247 e. The van der Waals surface area contributed by atoms with Gasteiger partial charge in [-0.15, -0.1) is 0 Å². The fourth-order valence-corrected chi connectivity index (χ4v) is 6.24. The van der Waals surface area contributed by atoms with Crippen molar-refractivity contribution < 1.29 is 22.7 Å². The molecule has 1 aromatic heterocycles. The van der Waals surface area contributed by atoms with Gasteiger partial charge in [-0.2, -0.15) is 4.31 Å². The van der Waals surface area contributed by atoms with Gasteiger partial charge in [0.05, 0.1) is 6.61 Å². The Morgan fingerprint density at radius 1 is 1.18 bits per heavy atom. The third-order valence-corrected chi connectivity index (χ3v) is 8.52. The van der Waals surface area contributed by atoms with E-state index < -0.39 is 16.1 Å². The van der Waals surface area contributed by atoms with Gasteiger partial charge in [-0.05, 0) is 67.9 Å². The molecule has 0 unspecified atom stereocenters. The SMILES string of the molecule is C[C@@H]1CN([C@H](C)CO)S(=O)(=O)c2ccc(C#Cc3ccccn3)cc2O[C@H]1CN(C)Cc1cccc(F)c1. The van der Waals surface area contributed by atoms with Crippen molar-refractivity contribution in [2.24, 2.45) is 5.92 Å². The summed E-state index contributed by atoms with van der Waals surface area (Å²) in [7, 11) is -2.03. The van der Waals surface area contributed by atoms with Crippen LogP contribution in [0.2, 0.25) is 0 Å². The molecule has 3 aromatic rings. The van der Waals surface area contributed by atoms with Crippen molar-refractivity contribution in [1.82, 2.24) is 14.2 Å². The van der Waals surface area contributed by atoms with Crippen LogP contribution in [0.1, 0.15) is 30.7 Å². The van der Waals surface area contributed by atoms with Crippen LogP contribution in [0.4, 0.5) is 4.39 Å². The number of nitrogens with zero attached hydrogens (tertiary/aromatic N) is 3. The van der Waals surface area contributed by atoms with E-state index in [-0.39, 0.29) is 41.6 Å². The van der Waals surface area contributed by atoms with Gasteiger partial charge in [-0.3, -0.25) is 4.90 Å². The zero-order chi connectivity index (χ0) is 27.3. The van der Waals surface area contributed by atoms with E-state index in [0.29, 0.717) is 24.3 Å². The van der Waals surface area contributed by atoms with Crippen LogP contribution in [0.3, 0.4) is 0 Å². The highest BCUT2D eigenvalue weighted by molar-refractivity contribution is 7.89. The average molecular weight is 538 g/mol. The third kappa shape index (κ3) is 6.58. The zero-order valence-electron chi connectivity index (χ0n) is 21.7. The number of hydrogen-bond acceptors (Lipinski definition) is 6. The number of aliphatic hydroxyl groups is 1. The lowest BCUT2D eigenvalue weighted by Crippen LogP contribution is -2.49. The highest BCUT2D eigenvalue weighted by atomic mass is 32.2. The predicted octanol–water partition coefficient (Wildman–Crippen LogP) is 3.52. The highest BCUT2D eigenvalue weighted by Crippen LogP contribution is 2.34. The number of ether oxygens (including phenoxy) is 1. The Morgan fingerprint density at radius 3 is 2.71 bits per heavy atom. The second kappa shape index (κ2) is 12.0. The minimum absolute atomic E-state index is 0.0332. The number of hydrogen-bond donors (Lipinski definition) is 1. The first kappa shape index (κ1) is 27.7. The Balaban J connectivity index is 1.68. The quantitative estimate of drug-likeness (QED) is 0.485. The number of benzene rings is 2. The lowest BCUT2D eigenvalue weighted by molar-refractivity contribution is 0.0733. The molecule has 1 aliphatic heterocycles. The Kier molecular flexibility index (Phi) is 8.80. The summed E-state index contributed by atoms with van der Waals surface area (Å²) in [5.74, 6) is 5.74. The van der Waals surface area contributed by atoms with E-state index in [1.54, 1.807) is 43.5 Å². The van der Waals surface area contributed by atoms with Gasteiger partial charge in [0, 0.05) is 43.4 Å². The van der Waals surface area contributed by atoms with Crippen molar-refractivity contribution in [3.05, 3.63) is 89.5 Å². The second-order valence-electron chi connectivity index (χ2n) is 9.69. The van der Waals surface area contributed by atoms with Gasteiger partial charge < -0.3 is 9.84 Å². The van der Waals surface area contributed by atoms with Crippen LogP contribution in [0.25, 0.3) is 0 Å². The lowest BCUT2D eigenvalue weighted by Gasteiger charge is -2.37.